The van der Waals surface area contributed by atoms with E-state index in [0.29, 0.717) is 0 Å². The van der Waals surface area contributed by atoms with Gasteiger partial charge in [-0.2, -0.15) is 0 Å². The van der Waals surface area contributed by atoms with Crippen LogP contribution in [-0.2, 0) is 13.1 Å². The number of nitrogens with zero attached hydrogens (tertiary/aromatic N) is 1. The first kappa shape index (κ1) is 18.2. The van der Waals surface area contributed by atoms with Crippen LogP contribution >= 0.6 is 0 Å². The highest BCUT2D eigenvalue weighted by molar-refractivity contribution is 5.20. The molecule has 0 atom stereocenters. The summed E-state index contributed by atoms with van der Waals surface area (Å²) in [6.07, 6.45) is 2.50. The topological polar surface area (TPSA) is 28.4 Å². The minimum Gasteiger partial charge on any atom is -0.465 e. The van der Waals surface area contributed by atoms with E-state index in [1.165, 1.54) is 18.4 Å². The van der Waals surface area contributed by atoms with Gasteiger partial charge in [-0.25, -0.2) is 0 Å². The Balaban J connectivity index is 2.62. The smallest absolute Gasteiger partial charge is 0.118 e. The molecule has 0 aliphatic carbocycles. The van der Waals surface area contributed by atoms with Crippen molar-refractivity contribution >= 4 is 0 Å². The first-order valence-electron chi connectivity index (χ1n) is 8.37. The molecule has 0 fully saturated rings. The summed E-state index contributed by atoms with van der Waals surface area (Å²) >= 11 is 0. The zero-order valence-electron chi connectivity index (χ0n) is 14.8. The zero-order chi connectivity index (χ0) is 15.8. The van der Waals surface area contributed by atoms with E-state index in [4.69, 9.17) is 4.42 Å². The second-order valence-electron chi connectivity index (χ2n) is 6.97. The molecule has 0 unspecified atom stereocenters. The van der Waals surface area contributed by atoms with Crippen molar-refractivity contribution in [3.63, 3.8) is 0 Å². The van der Waals surface area contributed by atoms with E-state index in [2.05, 4.69) is 50.9 Å². The third-order valence-electron chi connectivity index (χ3n) is 3.86. The van der Waals surface area contributed by atoms with Crippen LogP contribution in [0.2, 0.25) is 0 Å². The van der Waals surface area contributed by atoms with Gasteiger partial charge in [-0.3, -0.25) is 4.90 Å². The number of hydrogen-bond acceptors (Lipinski definition) is 3. The summed E-state index contributed by atoms with van der Waals surface area (Å²) in [6.45, 7) is 15.4. The van der Waals surface area contributed by atoms with Crippen LogP contribution in [-0.4, -0.2) is 25.0 Å². The highest BCUT2D eigenvalue weighted by atomic mass is 16.3. The molecular weight excluding hydrogens is 260 g/mol. The molecule has 0 amide bonds. The van der Waals surface area contributed by atoms with Crippen LogP contribution in [0.15, 0.2) is 10.5 Å². The summed E-state index contributed by atoms with van der Waals surface area (Å²) in [5.41, 5.74) is 1.28. The minimum absolute atomic E-state index is 0.754. The molecule has 0 aliphatic rings. The van der Waals surface area contributed by atoms with Gasteiger partial charge < -0.3 is 9.73 Å². The lowest BCUT2D eigenvalue weighted by Gasteiger charge is -2.23. The molecule has 0 saturated carbocycles. The molecule has 1 rings (SSSR count). The third-order valence-corrected chi connectivity index (χ3v) is 3.86. The van der Waals surface area contributed by atoms with Crippen LogP contribution < -0.4 is 5.32 Å². The highest BCUT2D eigenvalue weighted by Crippen LogP contribution is 2.17. The average molecular weight is 294 g/mol. The van der Waals surface area contributed by atoms with Crippen molar-refractivity contribution in [2.24, 2.45) is 11.8 Å². The molecule has 1 N–H and O–H groups in total. The molecule has 21 heavy (non-hydrogen) atoms. The van der Waals surface area contributed by atoms with E-state index < -0.39 is 0 Å². The molecule has 0 spiro atoms. The molecule has 122 valence electrons. The molecule has 3 nitrogen and oxygen atoms in total. The quantitative estimate of drug-likeness (QED) is 0.701. The first-order valence-corrected chi connectivity index (χ1v) is 8.37. The number of nitrogens with one attached hydrogen (secondary N) is 1. The van der Waals surface area contributed by atoms with E-state index >= 15 is 0 Å². The molecule has 0 aromatic carbocycles. The zero-order valence-corrected chi connectivity index (χ0v) is 14.8. The summed E-state index contributed by atoms with van der Waals surface area (Å²) in [4.78, 5) is 2.54. The Morgan fingerprint density at radius 1 is 1.10 bits per heavy atom. The fourth-order valence-corrected chi connectivity index (χ4v) is 2.40. The number of furan rings is 1. The second-order valence-corrected chi connectivity index (χ2v) is 6.97. The molecule has 3 heteroatoms. The fourth-order valence-electron chi connectivity index (χ4n) is 2.40. The van der Waals surface area contributed by atoms with Gasteiger partial charge in [0.1, 0.15) is 11.5 Å². The normalized spacial score (nSPS) is 12.0. The Kier molecular flexibility index (Phi) is 8.05. The molecule has 1 aromatic heterocycles. The van der Waals surface area contributed by atoms with Gasteiger partial charge in [0.25, 0.3) is 0 Å². The van der Waals surface area contributed by atoms with Crippen LogP contribution in [0.1, 0.15) is 57.6 Å². The molecule has 1 heterocycles. The van der Waals surface area contributed by atoms with Crippen LogP contribution in [0.25, 0.3) is 0 Å². The predicted octanol–water partition coefficient (Wildman–Crippen LogP) is 4.20. The summed E-state index contributed by atoms with van der Waals surface area (Å²) in [6, 6.07) is 2.21. The average Bonchev–Trinajstić information content (AvgIpc) is 2.73. The maximum absolute atomic E-state index is 5.93. The Hall–Kier alpha value is -0.800. The molecule has 0 bridgehead atoms. The van der Waals surface area contributed by atoms with Crippen molar-refractivity contribution in [2.75, 3.05) is 20.1 Å². The van der Waals surface area contributed by atoms with Crippen LogP contribution in [0.3, 0.4) is 0 Å². The Bertz CT molecular complexity index is 384. The lowest BCUT2D eigenvalue weighted by atomic mass is 10.1. The van der Waals surface area contributed by atoms with Gasteiger partial charge in [0, 0.05) is 12.1 Å². The minimum atomic E-state index is 0.754. The summed E-state index contributed by atoms with van der Waals surface area (Å²) in [7, 11) is 1.98. The molecule has 0 aliphatic heterocycles. The first-order chi connectivity index (χ1) is 9.92. The van der Waals surface area contributed by atoms with Crippen LogP contribution in [0.4, 0.5) is 0 Å². The van der Waals surface area contributed by atoms with Gasteiger partial charge in [-0.1, -0.05) is 27.7 Å². The van der Waals surface area contributed by atoms with Crippen molar-refractivity contribution < 1.29 is 4.42 Å². The summed E-state index contributed by atoms with van der Waals surface area (Å²) in [5.74, 6) is 3.66. The predicted molar refractivity (Wildman–Crippen MR) is 90.4 cm³/mol. The lowest BCUT2D eigenvalue weighted by Crippen LogP contribution is -2.27. The fraction of sp³-hybridized carbons (Fsp3) is 0.778. The molecule has 1 aromatic rings. The highest BCUT2D eigenvalue weighted by Gasteiger charge is 2.12. The molecule has 0 radical (unpaired) electrons. The van der Waals surface area contributed by atoms with Crippen molar-refractivity contribution in [1.82, 2.24) is 10.2 Å². The van der Waals surface area contributed by atoms with E-state index in [9.17, 15) is 0 Å². The van der Waals surface area contributed by atoms with Crippen molar-refractivity contribution in [3.8, 4) is 0 Å². The van der Waals surface area contributed by atoms with Gasteiger partial charge in [-0.15, -0.1) is 0 Å². The van der Waals surface area contributed by atoms with Crippen molar-refractivity contribution in [3.05, 3.63) is 23.2 Å². The summed E-state index contributed by atoms with van der Waals surface area (Å²) < 4.78 is 5.93. The van der Waals surface area contributed by atoms with Crippen LogP contribution in [0, 0.1) is 18.8 Å². The number of aryl methyl sites for hydroxylation is 1. The van der Waals surface area contributed by atoms with Crippen molar-refractivity contribution in [2.45, 2.75) is 60.5 Å². The Labute approximate surface area is 131 Å². The lowest BCUT2D eigenvalue weighted by molar-refractivity contribution is 0.217. The largest absolute Gasteiger partial charge is 0.465 e. The maximum Gasteiger partial charge on any atom is 0.118 e. The molecular formula is C18H34N2O. The van der Waals surface area contributed by atoms with Gasteiger partial charge in [0.2, 0.25) is 0 Å². The third kappa shape index (κ3) is 7.14. The maximum atomic E-state index is 5.93. The van der Waals surface area contributed by atoms with Gasteiger partial charge >= 0.3 is 0 Å². The number of hydrogen-bond donors (Lipinski definition) is 1. The van der Waals surface area contributed by atoms with Gasteiger partial charge in [0.15, 0.2) is 0 Å². The standard InChI is InChI=1S/C18H34N2O/c1-14(2)7-9-20(10-8-15(3)4)13-18-11-17(12-19-6)16(5)21-18/h11,14-15,19H,7-10,12-13H2,1-6H3. The number of rotatable bonds is 10. The SMILES string of the molecule is CNCc1cc(CN(CCC(C)C)CCC(C)C)oc1C. The van der Waals surface area contributed by atoms with E-state index in [0.717, 1.165) is 49.5 Å². The van der Waals surface area contributed by atoms with Crippen LogP contribution in [0.5, 0.6) is 0 Å². The van der Waals surface area contributed by atoms with Gasteiger partial charge in [-0.05, 0) is 57.8 Å². The second kappa shape index (κ2) is 9.26. The van der Waals surface area contributed by atoms with E-state index in [-0.39, 0.29) is 0 Å². The van der Waals surface area contributed by atoms with Gasteiger partial charge in [0.05, 0.1) is 6.54 Å². The van der Waals surface area contributed by atoms with E-state index in [1.807, 2.05) is 7.05 Å². The Morgan fingerprint density at radius 3 is 2.14 bits per heavy atom. The van der Waals surface area contributed by atoms with E-state index in [1.54, 1.807) is 0 Å². The molecule has 0 saturated heterocycles. The monoisotopic (exact) mass is 294 g/mol. The van der Waals surface area contributed by atoms with Crippen molar-refractivity contribution in [1.29, 1.82) is 0 Å². The summed E-state index contributed by atoms with van der Waals surface area (Å²) in [5, 5.41) is 3.20. The Morgan fingerprint density at radius 2 is 1.67 bits per heavy atom.